The molecule has 0 unspecified atom stereocenters. The summed E-state index contributed by atoms with van der Waals surface area (Å²) in [6.45, 7) is 2.77. The minimum absolute atomic E-state index is 0.241. The molecular formula is C32H27N7O2S. The van der Waals surface area contributed by atoms with E-state index in [-0.39, 0.29) is 17.5 Å². The Bertz CT molecular complexity index is 1930. The monoisotopic (exact) mass is 573 g/mol. The van der Waals surface area contributed by atoms with Crippen LogP contribution in [0, 0.1) is 0 Å². The minimum atomic E-state index is -0.392. The van der Waals surface area contributed by atoms with Crippen LogP contribution >= 0.6 is 11.3 Å². The maximum atomic E-state index is 13.3. The number of aromatic amines is 1. The molecule has 9 nitrogen and oxygen atoms in total. The molecule has 3 N–H and O–H groups in total. The minimum Gasteiger partial charge on any atom is -0.324 e. The third-order valence-corrected chi connectivity index (χ3v) is 8.44. The van der Waals surface area contributed by atoms with E-state index in [9.17, 15) is 9.59 Å². The van der Waals surface area contributed by atoms with Crippen LogP contribution in [0.5, 0.6) is 0 Å². The van der Waals surface area contributed by atoms with Crippen molar-refractivity contribution in [3.63, 3.8) is 0 Å². The van der Waals surface area contributed by atoms with Crippen LogP contribution in [0.15, 0.2) is 85.1 Å². The average Bonchev–Trinajstić information content (AvgIpc) is 3.62. The summed E-state index contributed by atoms with van der Waals surface area (Å²) in [5, 5.41) is 8.20. The van der Waals surface area contributed by atoms with Crippen LogP contribution in [0.1, 0.15) is 37.0 Å². The molecule has 2 amide bonds. The number of imidazole rings is 1. The molecule has 0 fully saturated rings. The molecule has 0 bridgehead atoms. The van der Waals surface area contributed by atoms with Crippen molar-refractivity contribution in [2.24, 2.45) is 0 Å². The Kier molecular flexibility index (Phi) is 6.90. The van der Waals surface area contributed by atoms with Gasteiger partial charge in [-0.05, 0) is 35.6 Å². The summed E-state index contributed by atoms with van der Waals surface area (Å²) in [5.74, 6) is -0.448. The summed E-state index contributed by atoms with van der Waals surface area (Å²) in [6, 6.07) is 25.3. The Morgan fingerprint density at radius 3 is 2.62 bits per heavy atom. The summed E-state index contributed by atoms with van der Waals surface area (Å²) in [7, 11) is 0. The van der Waals surface area contributed by atoms with E-state index in [1.807, 2.05) is 36.4 Å². The van der Waals surface area contributed by atoms with Gasteiger partial charge in [0.05, 0.1) is 16.8 Å². The molecular weight excluding hydrogens is 546 g/mol. The number of para-hydroxylation sites is 1. The second-order valence-corrected chi connectivity index (χ2v) is 11.3. The first-order chi connectivity index (χ1) is 20.6. The number of hydrogen-bond acceptors (Lipinski definition) is 7. The maximum Gasteiger partial charge on any atom is 0.276 e. The van der Waals surface area contributed by atoms with Crippen molar-refractivity contribution in [1.82, 2.24) is 24.8 Å². The zero-order valence-electron chi connectivity index (χ0n) is 22.6. The number of rotatable bonds is 7. The number of fused-ring (bicyclic) bond motifs is 3. The van der Waals surface area contributed by atoms with E-state index in [4.69, 9.17) is 4.98 Å². The molecule has 6 aromatic rings. The number of thiazole rings is 1. The van der Waals surface area contributed by atoms with Crippen LogP contribution in [-0.4, -0.2) is 49.7 Å². The van der Waals surface area contributed by atoms with Crippen molar-refractivity contribution in [3.8, 4) is 0 Å². The lowest BCUT2D eigenvalue weighted by Gasteiger charge is -2.25. The zero-order valence-corrected chi connectivity index (χ0v) is 23.4. The number of nitrogens with zero attached hydrogens (tertiary/aromatic N) is 4. The third-order valence-electron chi connectivity index (χ3n) is 7.44. The first-order valence-electron chi connectivity index (χ1n) is 13.8. The molecule has 0 saturated carbocycles. The lowest BCUT2D eigenvalue weighted by Crippen LogP contribution is -2.31. The molecule has 3 aromatic carbocycles. The molecule has 0 aliphatic carbocycles. The summed E-state index contributed by atoms with van der Waals surface area (Å²) in [4.78, 5) is 46.5. The Hall–Kier alpha value is -4.93. The van der Waals surface area contributed by atoms with E-state index in [1.165, 1.54) is 21.8 Å². The fourth-order valence-corrected chi connectivity index (χ4v) is 6.29. The molecule has 208 valence electrons. The lowest BCUT2D eigenvalue weighted by molar-refractivity contribution is 0.101. The fourth-order valence-electron chi connectivity index (χ4n) is 5.24. The maximum absolute atomic E-state index is 13.3. The predicted molar refractivity (Wildman–Crippen MR) is 165 cm³/mol. The van der Waals surface area contributed by atoms with E-state index in [1.54, 1.807) is 24.4 Å². The number of nitrogens with one attached hydrogen (secondary N) is 3. The van der Waals surface area contributed by atoms with Crippen LogP contribution < -0.4 is 10.6 Å². The summed E-state index contributed by atoms with van der Waals surface area (Å²) in [6.07, 6.45) is 3.54. The second-order valence-electron chi connectivity index (χ2n) is 10.3. The van der Waals surface area contributed by atoms with Gasteiger partial charge in [0, 0.05) is 42.5 Å². The summed E-state index contributed by atoms with van der Waals surface area (Å²) in [5.41, 5.74) is 4.16. The van der Waals surface area contributed by atoms with Gasteiger partial charge in [0.1, 0.15) is 11.2 Å². The Morgan fingerprint density at radius 1 is 0.905 bits per heavy atom. The van der Waals surface area contributed by atoms with E-state index >= 15 is 0 Å². The van der Waals surface area contributed by atoms with Gasteiger partial charge in [0.25, 0.3) is 11.8 Å². The third kappa shape index (κ3) is 5.37. The van der Waals surface area contributed by atoms with Gasteiger partial charge < -0.3 is 4.98 Å². The first-order valence-corrected chi connectivity index (χ1v) is 14.6. The van der Waals surface area contributed by atoms with Gasteiger partial charge in [-0.25, -0.2) is 9.97 Å². The fraction of sp³-hybridized carbons (Fsp3) is 0.156. The highest BCUT2D eigenvalue weighted by atomic mass is 32.1. The normalized spacial score (nSPS) is 13.2. The van der Waals surface area contributed by atoms with Crippen molar-refractivity contribution in [2.75, 3.05) is 23.7 Å². The number of carbonyl (C=O) groups excluding carboxylic acids is 2. The van der Waals surface area contributed by atoms with Gasteiger partial charge in [0.15, 0.2) is 5.13 Å². The highest BCUT2D eigenvalue weighted by molar-refractivity contribution is 7.15. The average molecular weight is 574 g/mol. The smallest absolute Gasteiger partial charge is 0.276 e. The van der Waals surface area contributed by atoms with E-state index < -0.39 is 5.91 Å². The van der Waals surface area contributed by atoms with Crippen molar-refractivity contribution in [2.45, 2.75) is 19.4 Å². The molecule has 1 aliphatic heterocycles. The van der Waals surface area contributed by atoms with Crippen molar-refractivity contribution in [1.29, 1.82) is 0 Å². The molecule has 0 spiro atoms. The molecule has 1 aliphatic rings. The van der Waals surface area contributed by atoms with Crippen molar-refractivity contribution >= 4 is 56.0 Å². The highest BCUT2D eigenvalue weighted by Gasteiger charge is 2.22. The van der Waals surface area contributed by atoms with Crippen LogP contribution in [0.2, 0.25) is 0 Å². The highest BCUT2D eigenvalue weighted by Crippen LogP contribution is 2.29. The molecule has 0 atom stereocenters. The number of amides is 2. The van der Waals surface area contributed by atoms with Crippen LogP contribution in [-0.2, 0) is 19.4 Å². The Labute approximate surface area is 245 Å². The van der Waals surface area contributed by atoms with Gasteiger partial charge in [0.2, 0.25) is 5.95 Å². The molecule has 0 saturated heterocycles. The zero-order chi connectivity index (χ0) is 28.5. The topological polar surface area (TPSA) is 116 Å². The number of pyridine rings is 1. The number of aromatic nitrogens is 4. The van der Waals surface area contributed by atoms with Crippen LogP contribution in [0.25, 0.3) is 21.8 Å². The molecule has 0 radical (unpaired) electrons. The molecule has 4 heterocycles. The Balaban J connectivity index is 1.03. The molecule has 42 heavy (non-hydrogen) atoms. The summed E-state index contributed by atoms with van der Waals surface area (Å²) < 4.78 is 0. The van der Waals surface area contributed by atoms with Crippen molar-refractivity contribution in [3.05, 3.63) is 112 Å². The standard InChI is InChI=1S/C32H27N7O2S/c40-29(38-32-35-24-14-16-39(19-27(24)42-32)15-13-20-7-2-1-3-8-20)23-11-6-12-25-28(23)36-31(34-25)37-30(41)26-17-21-9-4-5-10-22(21)18-33-26/h1-12,17-18H,13-16,19H2,(H,35,38,40)(H2,34,36,37,41). The lowest BCUT2D eigenvalue weighted by atomic mass is 10.1. The van der Waals surface area contributed by atoms with Gasteiger partial charge in [-0.15, -0.1) is 11.3 Å². The number of H-pyrrole nitrogens is 1. The Morgan fingerprint density at radius 2 is 1.74 bits per heavy atom. The van der Waals surface area contributed by atoms with Gasteiger partial charge in [-0.3, -0.25) is 30.1 Å². The quantitative estimate of drug-likeness (QED) is 0.227. The van der Waals surface area contributed by atoms with E-state index in [0.29, 0.717) is 21.7 Å². The van der Waals surface area contributed by atoms with E-state index in [2.05, 4.69) is 54.8 Å². The number of carbonyl (C=O) groups is 2. The van der Waals surface area contributed by atoms with Crippen molar-refractivity contribution < 1.29 is 9.59 Å². The molecule has 3 aromatic heterocycles. The number of anilines is 2. The van der Waals surface area contributed by atoms with Gasteiger partial charge in [-0.2, -0.15) is 0 Å². The predicted octanol–water partition coefficient (Wildman–Crippen LogP) is 5.67. The SMILES string of the molecule is O=C(Nc1nc2c(C(=O)Nc3nc4c(s3)CN(CCc3ccccc3)CC4)cccc2[nH]1)c1cc2ccccc2cn1. The first kappa shape index (κ1) is 26.0. The molecule has 10 heteroatoms. The second kappa shape index (κ2) is 11.2. The van der Waals surface area contributed by atoms with Crippen LogP contribution in [0.3, 0.4) is 0 Å². The van der Waals surface area contributed by atoms with Gasteiger partial charge >= 0.3 is 0 Å². The van der Waals surface area contributed by atoms with E-state index in [0.717, 1.165) is 48.9 Å². The largest absolute Gasteiger partial charge is 0.324 e. The van der Waals surface area contributed by atoms with Gasteiger partial charge in [-0.1, -0.05) is 60.7 Å². The summed E-state index contributed by atoms with van der Waals surface area (Å²) >= 11 is 1.52. The van der Waals surface area contributed by atoms with Crippen LogP contribution in [0.4, 0.5) is 11.1 Å². The molecule has 7 rings (SSSR count). The number of benzene rings is 3. The number of hydrogen-bond donors (Lipinski definition) is 3.